The van der Waals surface area contributed by atoms with E-state index in [-0.39, 0.29) is 23.8 Å². The summed E-state index contributed by atoms with van der Waals surface area (Å²) < 4.78 is 0. The molecule has 0 radical (unpaired) electrons. The van der Waals surface area contributed by atoms with Gasteiger partial charge in [-0.1, -0.05) is 30.3 Å². The van der Waals surface area contributed by atoms with E-state index >= 15 is 0 Å². The zero-order chi connectivity index (χ0) is 18.7. The van der Waals surface area contributed by atoms with E-state index in [1.165, 1.54) is 12.5 Å². The van der Waals surface area contributed by atoms with Crippen molar-refractivity contribution in [2.75, 3.05) is 33.2 Å². The molecule has 0 unspecified atom stereocenters. The van der Waals surface area contributed by atoms with Gasteiger partial charge in [0.2, 0.25) is 11.8 Å². The summed E-state index contributed by atoms with van der Waals surface area (Å²) in [5.74, 6) is -0.421. The zero-order valence-electron chi connectivity index (χ0n) is 15.7. The fourth-order valence-corrected chi connectivity index (χ4v) is 4.09. The zero-order valence-corrected chi connectivity index (χ0v) is 15.7. The highest BCUT2D eigenvalue weighted by Crippen LogP contribution is 2.31. The Morgan fingerprint density at radius 2 is 1.77 bits per heavy atom. The van der Waals surface area contributed by atoms with Crippen molar-refractivity contribution in [3.8, 4) is 0 Å². The summed E-state index contributed by atoms with van der Waals surface area (Å²) in [6.45, 7) is 5.49. The lowest BCUT2D eigenvalue weighted by molar-refractivity contribution is -0.142. The molecule has 1 aromatic rings. The first kappa shape index (κ1) is 18.9. The molecule has 0 spiro atoms. The van der Waals surface area contributed by atoms with E-state index in [0.717, 1.165) is 19.6 Å². The maximum Gasteiger partial charge on any atom is 0.228 e. The van der Waals surface area contributed by atoms with Gasteiger partial charge in [0.25, 0.3) is 0 Å². The van der Waals surface area contributed by atoms with Gasteiger partial charge in [-0.25, -0.2) is 0 Å². The van der Waals surface area contributed by atoms with Crippen LogP contribution in [0.4, 0.5) is 0 Å². The van der Waals surface area contributed by atoms with Gasteiger partial charge in [-0.2, -0.15) is 0 Å². The molecule has 1 aliphatic carbocycles. The molecule has 1 aliphatic heterocycles. The molecule has 142 valence electrons. The SMILES string of the molecule is CC(=O)N(C)[C@@H]1CC[C@@H](C(=O)N2CCN(Cc3ccccc3)CC2)[C@@H]1O. The van der Waals surface area contributed by atoms with Crippen molar-refractivity contribution in [3.05, 3.63) is 35.9 Å². The molecule has 1 aromatic carbocycles. The largest absolute Gasteiger partial charge is 0.390 e. The highest BCUT2D eigenvalue weighted by molar-refractivity contribution is 5.80. The second-order valence-corrected chi connectivity index (χ2v) is 7.46. The number of hydrogen-bond acceptors (Lipinski definition) is 4. The summed E-state index contributed by atoms with van der Waals surface area (Å²) in [7, 11) is 1.70. The number of carbonyl (C=O) groups excluding carboxylic acids is 2. The molecule has 3 rings (SSSR count). The van der Waals surface area contributed by atoms with Crippen molar-refractivity contribution < 1.29 is 14.7 Å². The Morgan fingerprint density at radius 1 is 1.12 bits per heavy atom. The molecule has 1 saturated carbocycles. The van der Waals surface area contributed by atoms with E-state index in [1.807, 2.05) is 23.1 Å². The molecule has 26 heavy (non-hydrogen) atoms. The third-order valence-electron chi connectivity index (χ3n) is 5.82. The monoisotopic (exact) mass is 359 g/mol. The van der Waals surface area contributed by atoms with Crippen molar-refractivity contribution in [1.82, 2.24) is 14.7 Å². The number of likely N-dealkylation sites (N-methyl/N-ethyl adjacent to an activating group) is 1. The molecule has 6 nitrogen and oxygen atoms in total. The summed E-state index contributed by atoms with van der Waals surface area (Å²) in [5.41, 5.74) is 1.29. The van der Waals surface area contributed by atoms with Gasteiger partial charge in [0.1, 0.15) is 0 Å². The van der Waals surface area contributed by atoms with Gasteiger partial charge in [0, 0.05) is 46.7 Å². The molecule has 1 heterocycles. The van der Waals surface area contributed by atoms with Crippen molar-refractivity contribution in [2.24, 2.45) is 5.92 Å². The Bertz CT molecular complexity index is 628. The summed E-state index contributed by atoms with van der Waals surface area (Å²) in [6, 6.07) is 10.1. The Morgan fingerprint density at radius 3 is 2.38 bits per heavy atom. The number of hydrogen-bond donors (Lipinski definition) is 1. The van der Waals surface area contributed by atoms with Crippen LogP contribution in [0, 0.1) is 5.92 Å². The lowest BCUT2D eigenvalue weighted by Crippen LogP contribution is -2.52. The Labute approximate surface area is 155 Å². The molecule has 2 fully saturated rings. The van der Waals surface area contributed by atoms with E-state index in [4.69, 9.17) is 0 Å². The number of aliphatic hydroxyl groups is 1. The molecule has 0 aromatic heterocycles. The number of rotatable bonds is 4. The van der Waals surface area contributed by atoms with Gasteiger partial charge in [-0.05, 0) is 18.4 Å². The smallest absolute Gasteiger partial charge is 0.228 e. The minimum absolute atomic E-state index is 0.0383. The van der Waals surface area contributed by atoms with Crippen LogP contribution >= 0.6 is 0 Å². The molecular formula is C20H29N3O3. The minimum atomic E-state index is -0.765. The minimum Gasteiger partial charge on any atom is -0.390 e. The Hall–Kier alpha value is -1.92. The van der Waals surface area contributed by atoms with Crippen LogP contribution in [0.25, 0.3) is 0 Å². The van der Waals surface area contributed by atoms with Crippen LogP contribution < -0.4 is 0 Å². The highest BCUT2D eigenvalue weighted by Gasteiger charge is 2.43. The maximum absolute atomic E-state index is 12.9. The van der Waals surface area contributed by atoms with E-state index in [2.05, 4.69) is 17.0 Å². The van der Waals surface area contributed by atoms with Crippen LogP contribution in [0.5, 0.6) is 0 Å². The lowest BCUT2D eigenvalue weighted by Gasteiger charge is -2.37. The average Bonchev–Trinajstić information content (AvgIpc) is 3.03. The fraction of sp³-hybridized carbons (Fsp3) is 0.600. The molecule has 3 atom stereocenters. The summed E-state index contributed by atoms with van der Waals surface area (Å²) in [5, 5.41) is 10.6. The van der Waals surface area contributed by atoms with Crippen molar-refractivity contribution in [1.29, 1.82) is 0 Å². The van der Waals surface area contributed by atoms with Crippen LogP contribution in [0.15, 0.2) is 30.3 Å². The molecule has 1 saturated heterocycles. The van der Waals surface area contributed by atoms with Gasteiger partial charge in [0.15, 0.2) is 0 Å². The first-order valence-electron chi connectivity index (χ1n) is 9.44. The molecule has 6 heteroatoms. The molecule has 2 amide bonds. The predicted molar refractivity (Wildman–Crippen MR) is 99.3 cm³/mol. The van der Waals surface area contributed by atoms with E-state index in [0.29, 0.717) is 25.9 Å². The van der Waals surface area contributed by atoms with Gasteiger partial charge in [-0.3, -0.25) is 14.5 Å². The highest BCUT2D eigenvalue weighted by atomic mass is 16.3. The normalized spacial score (nSPS) is 26.7. The third kappa shape index (κ3) is 4.07. The van der Waals surface area contributed by atoms with Gasteiger partial charge in [-0.15, -0.1) is 0 Å². The van der Waals surface area contributed by atoms with Gasteiger partial charge in [0.05, 0.1) is 18.1 Å². The van der Waals surface area contributed by atoms with Crippen LogP contribution in [-0.2, 0) is 16.1 Å². The number of benzene rings is 1. The summed E-state index contributed by atoms with van der Waals surface area (Å²) in [4.78, 5) is 30.2. The Kier molecular flexibility index (Phi) is 5.94. The van der Waals surface area contributed by atoms with E-state index in [9.17, 15) is 14.7 Å². The summed E-state index contributed by atoms with van der Waals surface area (Å²) >= 11 is 0. The molecule has 0 bridgehead atoms. The number of carbonyl (C=O) groups is 2. The second kappa shape index (κ2) is 8.18. The van der Waals surface area contributed by atoms with Crippen molar-refractivity contribution in [2.45, 2.75) is 38.5 Å². The Balaban J connectivity index is 1.51. The fourth-order valence-electron chi connectivity index (χ4n) is 4.09. The van der Waals surface area contributed by atoms with Gasteiger partial charge < -0.3 is 14.9 Å². The first-order chi connectivity index (χ1) is 12.5. The lowest BCUT2D eigenvalue weighted by atomic mass is 10.0. The number of nitrogens with zero attached hydrogens (tertiary/aromatic N) is 3. The average molecular weight is 359 g/mol. The number of amides is 2. The van der Waals surface area contributed by atoms with Crippen LogP contribution in [-0.4, -0.2) is 77.0 Å². The summed E-state index contributed by atoms with van der Waals surface area (Å²) in [6.07, 6.45) is 0.562. The topological polar surface area (TPSA) is 64.1 Å². The van der Waals surface area contributed by atoms with E-state index in [1.54, 1.807) is 11.9 Å². The molecular weight excluding hydrogens is 330 g/mol. The van der Waals surface area contributed by atoms with Crippen LogP contribution in [0.3, 0.4) is 0 Å². The van der Waals surface area contributed by atoms with Crippen molar-refractivity contribution >= 4 is 11.8 Å². The van der Waals surface area contributed by atoms with E-state index < -0.39 is 6.10 Å². The third-order valence-corrected chi connectivity index (χ3v) is 5.82. The van der Waals surface area contributed by atoms with Crippen LogP contribution in [0.1, 0.15) is 25.3 Å². The molecule has 1 N–H and O–H groups in total. The quantitative estimate of drug-likeness (QED) is 0.869. The van der Waals surface area contributed by atoms with Crippen LogP contribution in [0.2, 0.25) is 0 Å². The standard InChI is InChI=1S/C20H29N3O3/c1-15(24)21(2)18-9-8-17(19(18)25)20(26)23-12-10-22(11-13-23)14-16-6-4-3-5-7-16/h3-7,17-19,25H,8-14H2,1-2H3/t17-,18-,19+/m1/s1. The maximum atomic E-state index is 12.9. The number of piperazine rings is 1. The predicted octanol–water partition coefficient (Wildman–Crippen LogP) is 0.949. The second-order valence-electron chi connectivity index (χ2n) is 7.46. The van der Waals surface area contributed by atoms with Gasteiger partial charge >= 0.3 is 0 Å². The number of aliphatic hydroxyl groups excluding tert-OH is 1. The van der Waals surface area contributed by atoms with Crippen molar-refractivity contribution in [3.63, 3.8) is 0 Å². The molecule has 2 aliphatic rings. The first-order valence-corrected chi connectivity index (χ1v) is 9.44.